The summed E-state index contributed by atoms with van der Waals surface area (Å²) in [4.78, 5) is 15.3. The molecule has 23 heavy (non-hydrogen) atoms. The van der Waals surface area contributed by atoms with Crippen LogP contribution in [0.15, 0.2) is 36.8 Å². The number of rotatable bonds is 6. The van der Waals surface area contributed by atoms with Gasteiger partial charge < -0.3 is 4.74 Å². The van der Waals surface area contributed by atoms with E-state index in [0.29, 0.717) is 6.10 Å². The molecule has 0 unspecified atom stereocenters. The first-order chi connectivity index (χ1) is 11.2. The van der Waals surface area contributed by atoms with Crippen molar-refractivity contribution in [2.24, 2.45) is 0 Å². The molecule has 1 fully saturated rings. The van der Waals surface area contributed by atoms with Gasteiger partial charge in [-0.2, -0.15) is 0 Å². The van der Waals surface area contributed by atoms with Crippen LogP contribution in [0.25, 0.3) is 0 Å². The van der Waals surface area contributed by atoms with E-state index in [9.17, 15) is 0 Å². The van der Waals surface area contributed by atoms with Crippen LogP contribution in [0.5, 0.6) is 0 Å². The van der Waals surface area contributed by atoms with Gasteiger partial charge in [0, 0.05) is 43.8 Å². The SMILES string of the molecule is Cc1ccnc(C[C@@H]2CC[C@H](CN(C)Cc3cccnc3)O2)n1. The highest BCUT2D eigenvalue weighted by atomic mass is 16.5. The molecule has 5 heteroatoms. The van der Waals surface area contributed by atoms with Gasteiger partial charge in [0.15, 0.2) is 0 Å². The summed E-state index contributed by atoms with van der Waals surface area (Å²) in [6.45, 7) is 3.84. The van der Waals surface area contributed by atoms with Gasteiger partial charge >= 0.3 is 0 Å². The Morgan fingerprint density at radius 3 is 2.87 bits per heavy atom. The Morgan fingerprint density at radius 1 is 1.22 bits per heavy atom. The molecule has 0 aromatic carbocycles. The van der Waals surface area contributed by atoms with Crippen LogP contribution in [-0.4, -0.2) is 45.7 Å². The lowest BCUT2D eigenvalue weighted by atomic mass is 10.1. The molecule has 122 valence electrons. The third kappa shape index (κ3) is 4.81. The fourth-order valence-electron chi connectivity index (χ4n) is 3.08. The smallest absolute Gasteiger partial charge is 0.131 e. The summed E-state index contributed by atoms with van der Waals surface area (Å²) >= 11 is 0. The Bertz CT molecular complexity index is 619. The maximum absolute atomic E-state index is 6.18. The summed E-state index contributed by atoms with van der Waals surface area (Å²) in [7, 11) is 2.13. The lowest BCUT2D eigenvalue weighted by molar-refractivity contribution is 0.0258. The summed E-state index contributed by atoms with van der Waals surface area (Å²) in [5.74, 6) is 0.888. The van der Waals surface area contributed by atoms with Gasteiger partial charge in [0.05, 0.1) is 12.2 Å². The molecule has 3 heterocycles. The van der Waals surface area contributed by atoms with Gasteiger partial charge in [0.2, 0.25) is 0 Å². The zero-order valence-electron chi connectivity index (χ0n) is 13.9. The fraction of sp³-hybridized carbons (Fsp3) is 0.500. The van der Waals surface area contributed by atoms with Crippen molar-refractivity contribution in [1.29, 1.82) is 0 Å². The van der Waals surface area contributed by atoms with E-state index < -0.39 is 0 Å². The Kier molecular flexibility index (Phi) is 5.31. The summed E-state index contributed by atoms with van der Waals surface area (Å²) in [6.07, 6.45) is 9.10. The second-order valence-corrected chi connectivity index (χ2v) is 6.33. The van der Waals surface area contributed by atoms with Crippen molar-refractivity contribution in [2.45, 2.75) is 44.9 Å². The number of aryl methyl sites for hydroxylation is 1. The Morgan fingerprint density at radius 2 is 2.09 bits per heavy atom. The van der Waals surface area contributed by atoms with E-state index >= 15 is 0 Å². The zero-order valence-corrected chi connectivity index (χ0v) is 13.9. The third-order valence-corrected chi connectivity index (χ3v) is 4.14. The Labute approximate surface area is 137 Å². The van der Waals surface area contributed by atoms with E-state index in [-0.39, 0.29) is 6.10 Å². The number of hydrogen-bond acceptors (Lipinski definition) is 5. The zero-order chi connectivity index (χ0) is 16.1. The van der Waals surface area contributed by atoms with E-state index in [0.717, 1.165) is 43.9 Å². The van der Waals surface area contributed by atoms with Crippen molar-refractivity contribution in [3.63, 3.8) is 0 Å². The van der Waals surface area contributed by atoms with Crippen LogP contribution in [-0.2, 0) is 17.7 Å². The molecule has 0 spiro atoms. The average Bonchev–Trinajstić information content (AvgIpc) is 2.95. The predicted octanol–water partition coefficient (Wildman–Crippen LogP) is 2.40. The quantitative estimate of drug-likeness (QED) is 0.820. The molecule has 3 rings (SSSR count). The Balaban J connectivity index is 1.46. The van der Waals surface area contributed by atoms with Crippen LogP contribution < -0.4 is 0 Å². The van der Waals surface area contributed by atoms with E-state index in [1.807, 2.05) is 37.6 Å². The van der Waals surface area contributed by atoms with Gasteiger partial charge in [-0.1, -0.05) is 6.07 Å². The molecular formula is C18H24N4O. The molecule has 2 atom stereocenters. The third-order valence-electron chi connectivity index (χ3n) is 4.14. The molecule has 2 aromatic rings. The molecule has 1 saturated heterocycles. The van der Waals surface area contributed by atoms with Crippen molar-refractivity contribution < 1.29 is 4.74 Å². The van der Waals surface area contributed by atoms with Crippen LogP contribution in [0.4, 0.5) is 0 Å². The van der Waals surface area contributed by atoms with Crippen LogP contribution in [0.1, 0.15) is 29.9 Å². The minimum absolute atomic E-state index is 0.244. The molecule has 5 nitrogen and oxygen atoms in total. The maximum Gasteiger partial charge on any atom is 0.131 e. The summed E-state index contributed by atoms with van der Waals surface area (Å²) in [5.41, 5.74) is 2.25. The Hall–Kier alpha value is -1.85. The van der Waals surface area contributed by atoms with Gasteiger partial charge in [0.1, 0.15) is 5.82 Å². The second kappa shape index (κ2) is 7.62. The fourth-order valence-corrected chi connectivity index (χ4v) is 3.08. The van der Waals surface area contributed by atoms with Crippen molar-refractivity contribution in [1.82, 2.24) is 19.9 Å². The van der Waals surface area contributed by atoms with E-state index in [1.165, 1.54) is 5.56 Å². The molecule has 0 N–H and O–H groups in total. The molecule has 1 aliphatic heterocycles. The second-order valence-electron chi connectivity index (χ2n) is 6.33. The first-order valence-corrected chi connectivity index (χ1v) is 8.20. The lowest BCUT2D eigenvalue weighted by Gasteiger charge is -2.21. The highest BCUT2D eigenvalue weighted by molar-refractivity contribution is 5.08. The topological polar surface area (TPSA) is 51.1 Å². The summed E-state index contributed by atoms with van der Waals surface area (Å²) in [6, 6.07) is 6.01. The number of likely N-dealkylation sites (N-methyl/N-ethyl adjacent to an activating group) is 1. The first kappa shape index (κ1) is 16.0. The maximum atomic E-state index is 6.18. The predicted molar refractivity (Wildman–Crippen MR) is 88.9 cm³/mol. The normalized spacial score (nSPS) is 21.0. The van der Waals surface area contributed by atoms with Crippen molar-refractivity contribution in [3.8, 4) is 0 Å². The minimum atomic E-state index is 0.244. The van der Waals surface area contributed by atoms with Gasteiger partial charge in [-0.05, 0) is 44.5 Å². The minimum Gasteiger partial charge on any atom is -0.373 e. The number of nitrogens with zero attached hydrogens (tertiary/aromatic N) is 4. The van der Waals surface area contributed by atoms with Crippen molar-refractivity contribution in [3.05, 3.63) is 53.9 Å². The number of hydrogen-bond donors (Lipinski definition) is 0. The molecule has 0 saturated carbocycles. The van der Waals surface area contributed by atoms with Crippen LogP contribution in [0.2, 0.25) is 0 Å². The first-order valence-electron chi connectivity index (χ1n) is 8.20. The van der Waals surface area contributed by atoms with Crippen LogP contribution in [0, 0.1) is 6.92 Å². The molecule has 2 aromatic heterocycles. The average molecular weight is 312 g/mol. The molecule has 1 aliphatic rings. The van der Waals surface area contributed by atoms with E-state index in [4.69, 9.17) is 4.74 Å². The van der Waals surface area contributed by atoms with Crippen LogP contribution >= 0.6 is 0 Å². The number of pyridine rings is 1. The van der Waals surface area contributed by atoms with Crippen molar-refractivity contribution >= 4 is 0 Å². The van der Waals surface area contributed by atoms with Gasteiger partial charge in [-0.25, -0.2) is 9.97 Å². The van der Waals surface area contributed by atoms with Gasteiger partial charge in [-0.15, -0.1) is 0 Å². The lowest BCUT2D eigenvalue weighted by Crippen LogP contribution is -2.29. The highest BCUT2D eigenvalue weighted by Crippen LogP contribution is 2.23. The summed E-state index contributed by atoms with van der Waals surface area (Å²) < 4.78 is 6.18. The standard InChI is InChI=1S/C18H24N4O/c1-14-7-9-20-18(21-14)10-16-5-6-17(23-16)13-22(2)12-15-4-3-8-19-11-15/h3-4,7-9,11,16-17H,5-6,10,12-13H2,1-2H3/t16-,17+/m0/s1. The largest absolute Gasteiger partial charge is 0.373 e. The molecular weight excluding hydrogens is 288 g/mol. The number of ether oxygens (including phenoxy) is 1. The molecule has 0 aliphatic carbocycles. The van der Waals surface area contributed by atoms with Gasteiger partial charge in [0.25, 0.3) is 0 Å². The number of aromatic nitrogens is 3. The monoisotopic (exact) mass is 312 g/mol. The molecule has 0 bridgehead atoms. The van der Waals surface area contributed by atoms with E-state index in [2.05, 4.69) is 33.0 Å². The summed E-state index contributed by atoms with van der Waals surface area (Å²) in [5, 5.41) is 0. The van der Waals surface area contributed by atoms with E-state index in [1.54, 1.807) is 0 Å². The van der Waals surface area contributed by atoms with Crippen molar-refractivity contribution in [2.75, 3.05) is 13.6 Å². The molecule has 0 radical (unpaired) electrons. The molecule has 0 amide bonds. The van der Waals surface area contributed by atoms with Gasteiger partial charge in [-0.3, -0.25) is 9.88 Å². The van der Waals surface area contributed by atoms with Crippen LogP contribution in [0.3, 0.4) is 0 Å². The highest BCUT2D eigenvalue weighted by Gasteiger charge is 2.27.